The predicted octanol–water partition coefficient (Wildman–Crippen LogP) is 2.64. The molecule has 0 bridgehead atoms. The molecule has 5 heteroatoms. The number of rotatable bonds is 5. The minimum atomic E-state index is -0.926. The van der Waals surface area contributed by atoms with Gasteiger partial charge in [0.15, 0.2) is 0 Å². The number of aromatic nitrogens is 2. The number of hydrogen-bond acceptors (Lipinski definition) is 3. The minimum absolute atomic E-state index is 0.119. The third kappa shape index (κ3) is 2.61. The molecule has 1 heterocycles. The summed E-state index contributed by atoms with van der Waals surface area (Å²) in [6.45, 7) is 7.16. The number of hydrogen-bond donors (Lipinski definition) is 1. The third-order valence-electron chi connectivity index (χ3n) is 3.12. The van der Waals surface area contributed by atoms with Gasteiger partial charge < -0.3 is 14.4 Å². The average Bonchev–Trinajstić information content (AvgIpc) is 2.70. The molecule has 0 saturated heterocycles. The molecule has 1 N–H and O–H groups in total. The molecule has 102 valence electrons. The highest BCUT2D eigenvalue weighted by molar-refractivity contribution is 5.92. The van der Waals surface area contributed by atoms with E-state index in [1.165, 1.54) is 0 Å². The second kappa shape index (κ2) is 5.40. The Bertz CT molecular complexity index is 604. The fraction of sp³-hybridized carbons (Fsp3) is 0.429. The zero-order valence-corrected chi connectivity index (χ0v) is 11.4. The largest absolute Gasteiger partial charge is 0.478 e. The van der Waals surface area contributed by atoms with Crippen LogP contribution in [-0.4, -0.2) is 33.8 Å². The van der Waals surface area contributed by atoms with Crippen molar-refractivity contribution in [2.45, 2.75) is 26.8 Å². The van der Waals surface area contributed by atoms with E-state index in [0.717, 1.165) is 16.9 Å². The number of aromatic carboxylic acids is 1. The second-order valence-electron chi connectivity index (χ2n) is 4.55. The van der Waals surface area contributed by atoms with Crippen molar-refractivity contribution < 1.29 is 14.6 Å². The number of ether oxygens (including phenoxy) is 1. The first-order valence-corrected chi connectivity index (χ1v) is 6.34. The van der Waals surface area contributed by atoms with Gasteiger partial charge in [0.25, 0.3) is 0 Å². The Hall–Kier alpha value is -1.88. The topological polar surface area (TPSA) is 64.4 Å². The van der Waals surface area contributed by atoms with Crippen LogP contribution in [0.5, 0.6) is 0 Å². The van der Waals surface area contributed by atoms with Gasteiger partial charge in [-0.1, -0.05) is 0 Å². The van der Waals surface area contributed by atoms with E-state index in [9.17, 15) is 4.79 Å². The van der Waals surface area contributed by atoms with Gasteiger partial charge in [0.2, 0.25) is 0 Å². The summed E-state index contributed by atoms with van der Waals surface area (Å²) < 4.78 is 7.46. The lowest BCUT2D eigenvalue weighted by molar-refractivity contribution is 0.0697. The average molecular weight is 262 g/mol. The summed E-state index contributed by atoms with van der Waals surface area (Å²) in [7, 11) is 0. The fourth-order valence-electron chi connectivity index (χ4n) is 2.27. The van der Waals surface area contributed by atoms with E-state index in [0.29, 0.717) is 13.2 Å². The molecule has 0 spiro atoms. The van der Waals surface area contributed by atoms with E-state index in [2.05, 4.69) is 4.98 Å². The maximum Gasteiger partial charge on any atom is 0.335 e. The zero-order chi connectivity index (χ0) is 14.0. The number of imidazole rings is 1. The van der Waals surface area contributed by atoms with Crippen molar-refractivity contribution in [3.8, 4) is 0 Å². The van der Waals surface area contributed by atoms with Crippen molar-refractivity contribution in [2.24, 2.45) is 0 Å². The number of carboxylic acid groups (broad SMARTS) is 1. The van der Waals surface area contributed by atoms with Crippen LogP contribution in [0.1, 0.15) is 36.1 Å². The molecule has 5 nitrogen and oxygen atoms in total. The highest BCUT2D eigenvalue weighted by atomic mass is 16.5. The van der Waals surface area contributed by atoms with Crippen LogP contribution in [0, 0.1) is 6.92 Å². The van der Waals surface area contributed by atoms with Crippen LogP contribution in [0.3, 0.4) is 0 Å². The molecule has 0 saturated carbocycles. The second-order valence-corrected chi connectivity index (χ2v) is 4.55. The molecular formula is C14H18N2O3. The Balaban J connectivity index is 2.49. The first-order chi connectivity index (χ1) is 9.04. The Labute approximate surface area is 111 Å². The van der Waals surface area contributed by atoms with E-state index in [4.69, 9.17) is 9.84 Å². The third-order valence-corrected chi connectivity index (χ3v) is 3.12. The summed E-state index contributed by atoms with van der Waals surface area (Å²) in [5.74, 6) is -0.0606. The standard InChI is InChI=1S/C14H18N2O3/c1-4-19-8-9(2)16-10(3)15-12-6-5-11(14(17)18)7-13(12)16/h5-7,9H,4,8H2,1-3H3,(H,17,18). The van der Waals surface area contributed by atoms with Gasteiger partial charge in [-0.2, -0.15) is 0 Å². The van der Waals surface area contributed by atoms with Crippen molar-refractivity contribution in [2.75, 3.05) is 13.2 Å². The van der Waals surface area contributed by atoms with Crippen LogP contribution in [0.4, 0.5) is 0 Å². The molecule has 2 aromatic rings. The number of fused-ring (bicyclic) bond motifs is 1. The highest BCUT2D eigenvalue weighted by Gasteiger charge is 2.15. The predicted molar refractivity (Wildman–Crippen MR) is 72.6 cm³/mol. The van der Waals surface area contributed by atoms with Crippen molar-refractivity contribution >= 4 is 17.0 Å². The van der Waals surface area contributed by atoms with Crippen molar-refractivity contribution in [3.05, 3.63) is 29.6 Å². The molecule has 0 radical (unpaired) electrons. The first-order valence-electron chi connectivity index (χ1n) is 6.34. The summed E-state index contributed by atoms with van der Waals surface area (Å²) in [5, 5.41) is 9.07. The monoisotopic (exact) mass is 262 g/mol. The smallest absolute Gasteiger partial charge is 0.335 e. The number of carboxylic acids is 1. The quantitative estimate of drug-likeness (QED) is 0.899. The van der Waals surface area contributed by atoms with Gasteiger partial charge in [-0.3, -0.25) is 0 Å². The SMILES string of the molecule is CCOCC(C)n1c(C)nc2ccc(C(=O)O)cc21. The van der Waals surface area contributed by atoms with E-state index in [1.807, 2.05) is 25.3 Å². The summed E-state index contributed by atoms with van der Waals surface area (Å²) in [6.07, 6.45) is 0. The summed E-state index contributed by atoms with van der Waals surface area (Å²) in [6, 6.07) is 5.11. The molecule has 1 aromatic carbocycles. The minimum Gasteiger partial charge on any atom is -0.478 e. The van der Waals surface area contributed by atoms with Gasteiger partial charge in [-0.25, -0.2) is 9.78 Å². The van der Waals surface area contributed by atoms with Gasteiger partial charge in [0.1, 0.15) is 5.82 Å². The molecule has 0 amide bonds. The number of nitrogens with zero attached hydrogens (tertiary/aromatic N) is 2. The van der Waals surface area contributed by atoms with Gasteiger partial charge in [0, 0.05) is 6.61 Å². The van der Waals surface area contributed by atoms with Crippen LogP contribution in [0.25, 0.3) is 11.0 Å². The van der Waals surface area contributed by atoms with Crippen molar-refractivity contribution in [1.82, 2.24) is 9.55 Å². The van der Waals surface area contributed by atoms with Crippen LogP contribution in [0.15, 0.2) is 18.2 Å². The lowest BCUT2D eigenvalue weighted by atomic mass is 10.2. The molecule has 19 heavy (non-hydrogen) atoms. The Morgan fingerprint density at radius 2 is 2.26 bits per heavy atom. The van der Waals surface area contributed by atoms with E-state index in [1.54, 1.807) is 18.2 Å². The Morgan fingerprint density at radius 3 is 2.89 bits per heavy atom. The molecule has 1 unspecified atom stereocenters. The molecule has 2 rings (SSSR count). The number of carbonyl (C=O) groups is 1. The lowest BCUT2D eigenvalue weighted by Gasteiger charge is -2.16. The van der Waals surface area contributed by atoms with Crippen LogP contribution in [-0.2, 0) is 4.74 Å². The molecule has 1 aromatic heterocycles. The molecule has 0 aliphatic heterocycles. The summed E-state index contributed by atoms with van der Waals surface area (Å²) in [4.78, 5) is 15.5. The summed E-state index contributed by atoms with van der Waals surface area (Å²) in [5.41, 5.74) is 1.92. The summed E-state index contributed by atoms with van der Waals surface area (Å²) >= 11 is 0. The van der Waals surface area contributed by atoms with Gasteiger partial charge in [0.05, 0.1) is 29.2 Å². The van der Waals surface area contributed by atoms with Crippen molar-refractivity contribution in [3.63, 3.8) is 0 Å². The van der Waals surface area contributed by atoms with Gasteiger partial charge >= 0.3 is 5.97 Å². The van der Waals surface area contributed by atoms with E-state index >= 15 is 0 Å². The maximum atomic E-state index is 11.1. The van der Waals surface area contributed by atoms with Crippen molar-refractivity contribution in [1.29, 1.82) is 0 Å². The molecule has 0 aliphatic carbocycles. The van der Waals surface area contributed by atoms with Crippen LogP contribution in [0.2, 0.25) is 0 Å². The number of aryl methyl sites for hydroxylation is 1. The van der Waals surface area contributed by atoms with Gasteiger partial charge in [-0.15, -0.1) is 0 Å². The Kier molecular flexibility index (Phi) is 3.85. The van der Waals surface area contributed by atoms with Crippen LogP contribution < -0.4 is 0 Å². The maximum absolute atomic E-state index is 11.1. The zero-order valence-electron chi connectivity index (χ0n) is 11.4. The van der Waals surface area contributed by atoms with Crippen LogP contribution >= 0.6 is 0 Å². The van der Waals surface area contributed by atoms with E-state index in [-0.39, 0.29) is 11.6 Å². The molecule has 0 aliphatic rings. The van der Waals surface area contributed by atoms with E-state index < -0.39 is 5.97 Å². The number of benzene rings is 1. The first kappa shape index (κ1) is 13.5. The normalized spacial score (nSPS) is 12.8. The van der Waals surface area contributed by atoms with Gasteiger partial charge in [-0.05, 0) is 39.0 Å². The lowest BCUT2D eigenvalue weighted by Crippen LogP contribution is -2.13. The molecule has 1 atom stereocenters. The molecular weight excluding hydrogens is 244 g/mol. The Morgan fingerprint density at radius 1 is 1.53 bits per heavy atom. The highest BCUT2D eigenvalue weighted by Crippen LogP contribution is 2.22. The fourth-order valence-corrected chi connectivity index (χ4v) is 2.27. The molecule has 0 fully saturated rings.